The van der Waals surface area contributed by atoms with Crippen LogP contribution in [0.2, 0.25) is 0 Å². The molecule has 2 amide bonds. The second kappa shape index (κ2) is 7.44. The maximum Gasteiger partial charge on any atom is 0.253 e. The predicted molar refractivity (Wildman–Crippen MR) is 80.1 cm³/mol. The summed E-state index contributed by atoms with van der Waals surface area (Å²) in [6, 6.07) is 7.59. The van der Waals surface area contributed by atoms with E-state index < -0.39 is 0 Å². The highest BCUT2D eigenvalue weighted by molar-refractivity contribution is 6.06. The highest BCUT2D eigenvalue weighted by atomic mass is 16.5. The zero-order valence-corrected chi connectivity index (χ0v) is 11.9. The van der Waals surface area contributed by atoms with Crippen LogP contribution in [0.1, 0.15) is 16.8 Å². The van der Waals surface area contributed by atoms with Crippen LogP contribution >= 0.6 is 0 Å². The van der Waals surface area contributed by atoms with Gasteiger partial charge in [-0.25, -0.2) is 0 Å². The van der Waals surface area contributed by atoms with Gasteiger partial charge in [0, 0.05) is 43.7 Å². The molecule has 1 aromatic carbocycles. The van der Waals surface area contributed by atoms with E-state index in [2.05, 4.69) is 15.6 Å². The number of aromatic amines is 1. The summed E-state index contributed by atoms with van der Waals surface area (Å²) >= 11 is 0. The first-order valence-electron chi connectivity index (χ1n) is 6.82. The lowest BCUT2D eigenvalue weighted by atomic mass is 10.1. The Morgan fingerprint density at radius 2 is 2.00 bits per heavy atom. The lowest BCUT2D eigenvalue weighted by Crippen LogP contribution is -2.32. The molecule has 3 N–H and O–H groups in total. The average Bonchev–Trinajstić information content (AvgIpc) is 2.91. The number of carbonyl (C=O) groups excluding carboxylic acids is 2. The van der Waals surface area contributed by atoms with Crippen LogP contribution in [0, 0.1) is 0 Å². The van der Waals surface area contributed by atoms with E-state index in [1.54, 1.807) is 13.3 Å². The third kappa shape index (κ3) is 4.06. The van der Waals surface area contributed by atoms with Gasteiger partial charge in [-0.3, -0.25) is 9.59 Å². The maximum atomic E-state index is 12.1. The lowest BCUT2D eigenvalue weighted by molar-refractivity contribution is -0.121. The fourth-order valence-corrected chi connectivity index (χ4v) is 2.03. The molecular formula is C15H19N3O3. The zero-order valence-electron chi connectivity index (χ0n) is 11.9. The second-order valence-electron chi connectivity index (χ2n) is 4.60. The van der Waals surface area contributed by atoms with Crippen molar-refractivity contribution in [3.8, 4) is 0 Å². The number of ether oxygens (including phenoxy) is 1. The summed E-state index contributed by atoms with van der Waals surface area (Å²) in [5.74, 6) is -0.289. The quantitative estimate of drug-likeness (QED) is 0.666. The van der Waals surface area contributed by atoms with Gasteiger partial charge >= 0.3 is 0 Å². The summed E-state index contributed by atoms with van der Waals surface area (Å²) in [4.78, 5) is 26.6. The molecule has 1 heterocycles. The molecule has 6 heteroatoms. The van der Waals surface area contributed by atoms with Crippen LogP contribution in [-0.4, -0.2) is 43.6 Å². The molecule has 0 unspecified atom stereocenters. The van der Waals surface area contributed by atoms with E-state index in [4.69, 9.17) is 4.74 Å². The van der Waals surface area contributed by atoms with Crippen molar-refractivity contribution in [3.63, 3.8) is 0 Å². The summed E-state index contributed by atoms with van der Waals surface area (Å²) in [7, 11) is 1.58. The van der Waals surface area contributed by atoms with Crippen LogP contribution in [0.15, 0.2) is 30.5 Å². The van der Waals surface area contributed by atoms with Gasteiger partial charge in [0.05, 0.1) is 12.2 Å². The minimum Gasteiger partial charge on any atom is -0.383 e. The molecule has 2 aromatic rings. The first-order valence-corrected chi connectivity index (χ1v) is 6.82. The molecule has 1 aromatic heterocycles. The van der Waals surface area contributed by atoms with Gasteiger partial charge in [-0.1, -0.05) is 18.2 Å². The van der Waals surface area contributed by atoms with Crippen molar-refractivity contribution in [3.05, 3.63) is 36.0 Å². The smallest absolute Gasteiger partial charge is 0.253 e. The van der Waals surface area contributed by atoms with E-state index in [0.717, 1.165) is 10.9 Å². The van der Waals surface area contributed by atoms with Crippen LogP contribution in [0.25, 0.3) is 10.9 Å². The van der Waals surface area contributed by atoms with Gasteiger partial charge in [0.1, 0.15) is 0 Å². The van der Waals surface area contributed by atoms with Gasteiger partial charge in [-0.15, -0.1) is 0 Å². The topological polar surface area (TPSA) is 83.2 Å². The summed E-state index contributed by atoms with van der Waals surface area (Å²) in [6.45, 7) is 1.26. The van der Waals surface area contributed by atoms with Crippen molar-refractivity contribution in [2.75, 3.05) is 26.8 Å². The lowest BCUT2D eigenvalue weighted by Gasteiger charge is -2.06. The van der Waals surface area contributed by atoms with Gasteiger partial charge < -0.3 is 20.4 Å². The summed E-state index contributed by atoms with van der Waals surface area (Å²) in [6.07, 6.45) is 1.93. The van der Waals surface area contributed by atoms with Crippen molar-refractivity contribution < 1.29 is 14.3 Å². The largest absolute Gasteiger partial charge is 0.383 e. The Hall–Kier alpha value is -2.34. The Kier molecular flexibility index (Phi) is 5.34. The first kappa shape index (κ1) is 15.1. The number of para-hydroxylation sites is 1. The van der Waals surface area contributed by atoms with E-state index in [0.29, 0.717) is 25.3 Å². The first-order chi connectivity index (χ1) is 10.2. The van der Waals surface area contributed by atoms with Crippen LogP contribution in [-0.2, 0) is 9.53 Å². The van der Waals surface area contributed by atoms with Crippen molar-refractivity contribution in [1.29, 1.82) is 0 Å². The normalized spacial score (nSPS) is 10.5. The summed E-state index contributed by atoms with van der Waals surface area (Å²) < 4.78 is 4.84. The van der Waals surface area contributed by atoms with E-state index >= 15 is 0 Å². The Morgan fingerprint density at radius 1 is 1.19 bits per heavy atom. The standard InChI is InChI=1S/C15H19N3O3/c1-21-9-8-16-14(19)6-7-17-15(20)12-10-18-13-5-3-2-4-11(12)13/h2-5,10,18H,6-9H2,1H3,(H,16,19)(H,17,20). The monoisotopic (exact) mass is 289 g/mol. The van der Waals surface area contributed by atoms with Crippen molar-refractivity contribution in [2.45, 2.75) is 6.42 Å². The van der Waals surface area contributed by atoms with E-state index in [1.807, 2.05) is 24.3 Å². The van der Waals surface area contributed by atoms with Crippen LogP contribution in [0.4, 0.5) is 0 Å². The average molecular weight is 289 g/mol. The highest BCUT2D eigenvalue weighted by Gasteiger charge is 2.11. The van der Waals surface area contributed by atoms with Crippen molar-refractivity contribution >= 4 is 22.7 Å². The highest BCUT2D eigenvalue weighted by Crippen LogP contribution is 2.17. The SMILES string of the molecule is COCCNC(=O)CCNC(=O)c1c[nH]c2ccccc12. The number of nitrogens with one attached hydrogen (secondary N) is 3. The number of fused-ring (bicyclic) bond motifs is 1. The molecular weight excluding hydrogens is 270 g/mol. The Morgan fingerprint density at radius 3 is 2.81 bits per heavy atom. The second-order valence-corrected chi connectivity index (χ2v) is 4.60. The van der Waals surface area contributed by atoms with Crippen LogP contribution in [0.3, 0.4) is 0 Å². The fraction of sp³-hybridized carbons (Fsp3) is 0.333. The molecule has 0 bridgehead atoms. The Labute approximate surface area is 122 Å². The number of H-pyrrole nitrogens is 1. The van der Waals surface area contributed by atoms with Crippen LogP contribution < -0.4 is 10.6 Å². The van der Waals surface area contributed by atoms with Crippen molar-refractivity contribution in [2.24, 2.45) is 0 Å². The summed E-state index contributed by atoms with van der Waals surface area (Å²) in [5, 5.41) is 6.32. The number of benzene rings is 1. The number of carbonyl (C=O) groups is 2. The van der Waals surface area contributed by atoms with Gasteiger partial charge in [-0.2, -0.15) is 0 Å². The minimum absolute atomic E-state index is 0.105. The Balaban J connectivity index is 1.81. The molecule has 0 atom stereocenters. The number of methoxy groups -OCH3 is 1. The molecule has 0 aliphatic heterocycles. The Bertz CT molecular complexity index is 621. The zero-order chi connectivity index (χ0) is 15.1. The fourth-order valence-electron chi connectivity index (χ4n) is 2.03. The molecule has 0 radical (unpaired) electrons. The van der Waals surface area contributed by atoms with Gasteiger partial charge in [0.25, 0.3) is 5.91 Å². The summed E-state index contributed by atoms with van der Waals surface area (Å²) in [5.41, 5.74) is 1.50. The molecule has 0 spiro atoms. The molecule has 0 aliphatic carbocycles. The molecule has 6 nitrogen and oxygen atoms in total. The third-order valence-electron chi connectivity index (χ3n) is 3.10. The molecule has 0 aliphatic rings. The maximum absolute atomic E-state index is 12.1. The van der Waals surface area contributed by atoms with E-state index in [1.165, 1.54) is 0 Å². The molecule has 2 rings (SSSR count). The number of amides is 2. The minimum atomic E-state index is -0.183. The van der Waals surface area contributed by atoms with Crippen molar-refractivity contribution in [1.82, 2.24) is 15.6 Å². The molecule has 0 fully saturated rings. The molecule has 0 saturated carbocycles. The van der Waals surface area contributed by atoms with Gasteiger partial charge in [0.2, 0.25) is 5.91 Å². The predicted octanol–water partition coefficient (Wildman–Crippen LogP) is 1.05. The third-order valence-corrected chi connectivity index (χ3v) is 3.10. The van der Waals surface area contributed by atoms with E-state index in [9.17, 15) is 9.59 Å². The van der Waals surface area contributed by atoms with E-state index in [-0.39, 0.29) is 18.2 Å². The molecule has 0 saturated heterocycles. The van der Waals surface area contributed by atoms with Crippen LogP contribution in [0.5, 0.6) is 0 Å². The van der Waals surface area contributed by atoms with Gasteiger partial charge in [0.15, 0.2) is 0 Å². The number of rotatable bonds is 7. The number of hydrogen-bond donors (Lipinski definition) is 3. The molecule has 21 heavy (non-hydrogen) atoms. The molecule has 112 valence electrons. The van der Waals surface area contributed by atoms with Gasteiger partial charge in [-0.05, 0) is 6.07 Å². The number of aromatic nitrogens is 1. The number of hydrogen-bond acceptors (Lipinski definition) is 3.